The maximum atomic E-state index is 14.0. The molecule has 0 bridgehead atoms. The van der Waals surface area contributed by atoms with Crippen molar-refractivity contribution in [2.45, 2.75) is 32.5 Å². The number of rotatable bonds is 6. The molecule has 1 aliphatic heterocycles. The zero-order valence-corrected chi connectivity index (χ0v) is 17.8. The highest BCUT2D eigenvalue weighted by Crippen LogP contribution is 2.30. The lowest BCUT2D eigenvalue weighted by Crippen LogP contribution is -2.38. The molecule has 0 fully saturated rings. The molecule has 2 N–H and O–H groups in total. The van der Waals surface area contributed by atoms with Crippen LogP contribution in [0, 0.1) is 0 Å². The predicted octanol–water partition coefficient (Wildman–Crippen LogP) is 4.04. The minimum absolute atomic E-state index is 0.401. The van der Waals surface area contributed by atoms with E-state index < -0.39 is 11.6 Å². The maximum absolute atomic E-state index is 14.0. The molecule has 4 rings (SSSR count). The number of carbonyl (C=O) groups is 1. The second kappa shape index (κ2) is 8.61. The number of nitrogens with zero attached hydrogens (tertiary/aromatic N) is 3. The number of fused-ring (bicyclic) bond motifs is 1. The summed E-state index contributed by atoms with van der Waals surface area (Å²) in [5, 5.41) is 9.85. The van der Waals surface area contributed by atoms with Crippen molar-refractivity contribution >= 4 is 22.5 Å². The second-order valence-corrected chi connectivity index (χ2v) is 8.61. The van der Waals surface area contributed by atoms with Crippen molar-refractivity contribution in [3.05, 3.63) is 71.6 Å². The number of carbonyl (C=O) groups excluding carboxylic acids is 1. The molecule has 1 aliphatic rings. The average molecular weight is 423 g/mol. The Labute approximate surface area is 181 Å². The molecule has 0 aliphatic carbocycles. The van der Waals surface area contributed by atoms with Crippen molar-refractivity contribution in [1.82, 2.24) is 19.9 Å². The van der Waals surface area contributed by atoms with Crippen molar-refractivity contribution in [3.8, 4) is 0 Å². The summed E-state index contributed by atoms with van der Waals surface area (Å²) in [6.45, 7) is 5.90. The number of halogens is 1. The molecular formula is C24H27FN4O2. The monoisotopic (exact) mass is 422 g/mol. The van der Waals surface area contributed by atoms with Gasteiger partial charge in [-0.15, -0.1) is 0 Å². The third-order valence-corrected chi connectivity index (χ3v) is 5.57. The van der Waals surface area contributed by atoms with Crippen LogP contribution in [0.2, 0.25) is 0 Å². The molecule has 3 aromatic rings. The van der Waals surface area contributed by atoms with Gasteiger partial charge in [0.2, 0.25) is 0 Å². The fourth-order valence-corrected chi connectivity index (χ4v) is 4.15. The largest absolute Gasteiger partial charge is 0.328 e. The van der Waals surface area contributed by atoms with Crippen LogP contribution in [-0.4, -0.2) is 50.9 Å². The number of benzene rings is 1. The molecule has 1 amide bonds. The fraction of sp³-hybridized carbons (Fsp3) is 0.333. The number of aromatic nitrogens is 2. The Morgan fingerprint density at radius 1 is 1.23 bits per heavy atom. The number of pyridine rings is 1. The lowest BCUT2D eigenvalue weighted by atomic mass is 9.97. The maximum Gasteiger partial charge on any atom is 0.274 e. The highest BCUT2D eigenvalue weighted by molar-refractivity contribution is 5.93. The number of hydrogen-bond acceptors (Lipinski definition) is 4. The van der Waals surface area contributed by atoms with Gasteiger partial charge in [0.25, 0.3) is 5.91 Å². The Hall–Kier alpha value is -3.03. The first-order valence-electron chi connectivity index (χ1n) is 10.4. The summed E-state index contributed by atoms with van der Waals surface area (Å²) in [7, 11) is 0. The van der Waals surface area contributed by atoms with Crippen LogP contribution in [0.25, 0.3) is 16.6 Å². The second-order valence-electron chi connectivity index (χ2n) is 8.61. The van der Waals surface area contributed by atoms with Crippen molar-refractivity contribution in [1.29, 1.82) is 0 Å². The van der Waals surface area contributed by atoms with Gasteiger partial charge in [-0.1, -0.05) is 18.2 Å². The van der Waals surface area contributed by atoms with Gasteiger partial charge in [0, 0.05) is 49.5 Å². The number of hydrogen-bond donors (Lipinski definition) is 2. The van der Waals surface area contributed by atoms with E-state index in [2.05, 4.69) is 32.7 Å². The van der Waals surface area contributed by atoms with Crippen molar-refractivity contribution in [3.63, 3.8) is 0 Å². The smallest absolute Gasteiger partial charge is 0.274 e. The van der Waals surface area contributed by atoms with Crippen LogP contribution in [0.15, 0.2) is 54.9 Å². The molecule has 1 aromatic carbocycles. The van der Waals surface area contributed by atoms with Gasteiger partial charge < -0.3 is 4.57 Å². The van der Waals surface area contributed by atoms with E-state index in [4.69, 9.17) is 5.21 Å². The van der Waals surface area contributed by atoms with Crippen LogP contribution in [0.3, 0.4) is 0 Å². The summed E-state index contributed by atoms with van der Waals surface area (Å²) >= 11 is 0. The Kier molecular flexibility index (Phi) is 5.89. The number of nitrogens with one attached hydrogen (secondary N) is 1. The minimum Gasteiger partial charge on any atom is -0.328 e. The summed E-state index contributed by atoms with van der Waals surface area (Å²) < 4.78 is 16.0. The molecule has 0 saturated carbocycles. The SMILES string of the molecule is CC(C)(F)CN1CC=C(c2ccnc3c2ccn3Cc2ccc(C(=O)NO)cc2)CC1. The molecule has 31 heavy (non-hydrogen) atoms. The van der Waals surface area contributed by atoms with E-state index in [1.165, 1.54) is 11.1 Å². The third-order valence-electron chi connectivity index (χ3n) is 5.57. The first-order valence-corrected chi connectivity index (χ1v) is 10.4. The van der Waals surface area contributed by atoms with Gasteiger partial charge in [-0.2, -0.15) is 0 Å². The highest BCUT2D eigenvalue weighted by atomic mass is 19.1. The van der Waals surface area contributed by atoms with Crippen LogP contribution in [-0.2, 0) is 6.54 Å². The Morgan fingerprint density at radius 2 is 2.00 bits per heavy atom. The standard InChI is InChI=1S/C24H27FN4O2/c1-24(2,25)16-28-12-8-18(9-13-28)20-7-11-26-22-21(20)10-14-29(22)15-17-3-5-19(6-4-17)23(30)27-31/h3-8,10-11,14,31H,9,12-13,15-16H2,1-2H3,(H,27,30). The normalized spacial score (nSPS) is 15.2. The molecule has 0 atom stereocenters. The van der Waals surface area contributed by atoms with E-state index in [9.17, 15) is 9.18 Å². The third kappa shape index (κ3) is 4.84. The number of alkyl halides is 1. The summed E-state index contributed by atoms with van der Waals surface area (Å²) in [5.41, 5.74) is 5.24. The van der Waals surface area contributed by atoms with E-state index in [1.54, 1.807) is 31.5 Å². The summed E-state index contributed by atoms with van der Waals surface area (Å²) in [5.74, 6) is -0.529. The van der Waals surface area contributed by atoms with E-state index in [0.29, 0.717) is 18.7 Å². The average Bonchev–Trinajstić information content (AvgIpc) is 3.16. The molecule has 3 heterocycles. The Morgan fingerprint density at radius 3 is 2.65 bits per heavy atom. The topological polar surface area (TPSA) is 70.4 Å². The van der Waals surface area contributed by atoms with Gasteiger partial charge >= 0.3 is 0 Å². The molecule has 0 unspecified atom stereocenters. The van der Waals surface area contributed by atoms with E-state index >= 15 is 0 Å². The lowest BCUT2D eigenvalue weighted by molar-refractivity contribution is 0.0706. The quantitative estimate of drug-likeness (QED) is 0.465. The Balaban J connectivity index is 1.54. The van der Waals surface area contributed by atoms with E-state index in [0.717, 1.165) is 36.1 Å². The van der Waals surface area contributed by atoms with Crippen LogP contribution < -0.4 is 5.48 Å². The van der Waals surface area contributed by atoms with Gasteiger partial charge in [0.1, 0.15) is 11.3 Å². The van der Waals surface area contributed by atoms with Crippen LogP contribution >= 0.6 is 0 Å². The van der Waals surface area contributed by atoms with Gasteiger partial charge in [-0.05, 0) is 61.2 Å². The summed E-state index contributed by atoms with van der Waals surface area (Å²) in [6.07, 6.45) is 6.94. The number of amides is 1. The molecule has 0 spiro atoms. The molecular weight excluding hydrogens is 395 g/mol. The first kappa shape index (κ1) is 21.2. The molecule has 0 radical (unpaired) electrons. The van der Waals surface area contributed by atoms with Crippen LogP contribution in [0.4, 0.5) is 4.39 Å². The van der Waals surface area contributed by atoms with Crippen LogP contribution in [0.1, 0.15) is 41.8 Å². The van der Waals surface area contributed by atoms with E-state index in [-0.39, 0.29) is 0 Å². The minimum atomic E-state index is -1.19. The Bertz CT molecular complexity index is 1110. The fourth-order valence-electron chi connectivity index (χ4n) is 4.15. The van der Waals surface area contributed by atoms with Gasteiger partial charge in [0.05, 0.1) is 0 Å². The predicted molar refractivity (Wildman–Crippen MR) is 119 cm³/mol. The van der Waals surface area contributed by atoms with E-state index in [1.807, 2.05) is 24.5 Å². The number of hydroxylamine groups is 1. The summed E-state index contributed by atoms with van der Waals surface area (Å²) in [4.78, 5) is 18.2. The molecule has 7 heteroatoms. The van der Waals surface area contributed by atoms with Crippen molar-refractivity contribution in [2.75, 3.05) is 19.6 Å². The zero-order valence-electron chi connectivity index (χ0n) is 17.8. The lowest BCUT2D eigenvalue weighted by Gasteiger charge is -2.30. The van der Waals surface area contributed by atoms with Crippen molar-refractivity contribution < 1.29 is 14.4 Å². The highest BCUT2D eigenvalue weighted by Gasteiger charge is 2.23. The zero-order chi connectivity index (χ0) is 22.0. The molecule has 0 saturated heterocycles. The molecule has 6 nitrogen and oxygen atoms in total. The van der Waals surface area contributed by atoms with Gasteiger partial charge in [-0.3, -0.25) is 14.9 Å². The first-order chi connectivity index (χ1) is 14.8. The molecule has 2 aromatic heterocycles. The van der Waals surface area contributed by atoms with Gasteiger partial charge in [0.15, 0.2) is 0 Å². The van der Waals surface area contributed by atoms with Gasteiger partial charge in [-0.25, -0.2) is 14.9 Å². The van der Waals surface area contributed by atoms with Crippen molar-refractivity contribution in [2.24, 2.45) is 0 Å². The summed E-state index contributed by atoms with van der Waals surface area (Å²) in [6, 6.07) is 11.2. The molecule has 162 valence electrons. The van der Waals surface area contributed by atoms with Crippen LogP contribution in [0.5, 0.6) is 0 Å².